The number of alkyl carbamates (subject to hydrolysis) is 1. The lowest BCUT2D eigenvalue weighted by Gasteiger charge is -2.29. The third kappa shape index (κ3) is 14.1. The fraction of sp³-hybridized carbons (Fsp3) is 0.421. The van der Waals surface area contributed by atoms with Gasteiger partial charge in [0.25, 0.3) is 11.8 Å². The molecule has 1 atom stereocenters. The molecule has 0 aliphatic heterocycles. The van der Waals surface area contributed by atoms with Crippen LogP contribution in [0.4, 0.5) is 4.79 Å². The summed E-state index contributed by atoms with van der Waals surface area (Å²) >= 11 is 0. The maximum absolute atomic E-state index is 13.8. The Hall–Kier alpha value is -5.46. The van der Waals surface area contributed by atoms with E-state index in [9.17, 15) is 28.8 Å². The van der Waals surface area contributed by atoms with Gasteiger partial charge in [0, 0.05) is 0 Å². The molecule has 0 saturated heterocycles. The van der Waals surface area contributed by atoms with Gasteiger partial charge in [0.1, 0.15) is 34.1 Å². The molecule has 0 aliphatic rings. The molecule has 13 nitrogen and oxygen atoms in total. The van der Waals surface area contributed by atoms with Gasteiger partial charge >= 0.3 is 12.1 Å². The number of carbonyl (C=O) groups is 6. The van der Waals surface area contributed by atoms with Crippen LogP contribution in [0.15, 0.2) is 72.1 Å². The smallest absolute Gasteiger partial charge is 0.408 e. The van der Waals surface area contributed by atoms with Crippen molar-refractivity contribution in [2.24, 2.45) is 5.92 Å². The second kappa shape index (κ2) is 18.0. The Kier molecular flexibility index (Phi) is 14.7. The van der Waals surface area contributed by atoms with Gasteiger partial charge in [0.05, 0.1) is 7.11 Å². The number of hydrogen-bond donors (Lipinski definition) is 5. The first kappa shape index (κ1) is 41.7. The highest BCUT2D eigenvalue weighted by Crippen LogP contribution is 2.15. The highest BCUT2D eigenvalue weighted by Gasteiger charge is 2.36. The standard InChI is InChI=1S/C38H51N5O8/c1-24(2)21-29(32(46)50-10)39-30(44)27(22-25-17-13-11-14-18-25)40-33(47)37(6,7)42-31(45)28(23-26-19-15-12-16-20-26)41-34(48)38(8,9)43-35(49)51-36(3,4)5/h11-20,22-24,29H,21H2,1-10H3,(H,39,44)(H,40,47)(H,41,48)(H,42,45)(H,43,49)/b27-22-,28-23-/t29-/m0/s1. The molecule has 0 saturated carbocycles. The Bertz CT molecular complexity index is 1620. The van der Waals surface area contributed by atoms with E-state index in [2.05, 4.69) is 26.6 Å². The molecule has 5 N–H and O–H groups in total. The molecular formula is C38H51N5O8. The molecule has 0 spiro atoms. The fourth-order valence-electron chi connectivity index (χ4n) is 4.39. The minimum atomic E-state index is -1.66. The van der Waals surface area contributed by atoms with E-state index in [1.165, 1.54) is 47.0 Å². The summed E-state index contributed by atoms with van der Waals surface area (Å²) in [6.07, 6.45) is 2.32. The molecule has 0 aliphatic carbocycles. The van der Waals surface area contributed by atoms with Crippen LogP contribution in [0.25, 0.3) is 12.2 Å². The van der Waals surface area contributed by atoms with Crippen LogP contribution in [0.3, 0.4) is 0 Å². The first-order valence-corrected chi connectivity index (χ1v) is 16.5. The number of nitrogens with one attached hydrogen (secondary N) is 5. The summed E-state index contributed by atoms with van der Waals surface area (Å²) in [5.41, 5.74) is -3.25. The zero-order chi connectivity index (χ0) is 38.6. The van der Waals surface area contributed by atoms with Crippen LogP contribution in [0, 0.1) is 5.92 Å². The van der Waals surface area contributed by atoms with Gasteiger partial charge in [-0.1, -0.05) is 74.5 Å². The van der Waals surface area contributed by atoms with E-state index in [1.54, 1.807) is 81.4 Å². The summed E-state index contributed by atoms with van der Waals surface area (Å²) < 4.78 is 10.2. The molecule has 0 aromatic heterocycles. The molecular weight excluding hydrogens is 654 g/mol. The predicted molar refractivity (Wildman–Crippen MR) is 194 cm³/mol. The number of rotatable bonds is 14. The van der Waals surface area contributed by atoms with Crippen molar-refractivity contribution < 1.29 is 38.2 Å². The first-order chi connectivity index (χ1) is 23.6. The van der Waals surface area contributed by atoms with E-state index in [0.717, 1.165) is 0 Å². The van der Waals surface area contributed by atoms with Crippen LogP contribution < -0.4 is 26.6 Å². The first-order valence-electron chi connectivity index (χ1n) is 16.5. The number of carbonyl (C=O) groups excluding carboxylic acids is 6. The van der Waals surface area contributed by atoms with Crippen molar-refractivity contribution in [2.75, 3.05) is 7.11 Å². The van der Waals surface area contributed by atoms with E-state index >= 15 is 0 Å². The summed E-state index contributed by atoms with van der Waals surface area (Å²) in [4.78, 5) is 79.4. The zero-order valence-electron chi connectivity index (χ0n) is 31.1. The topological polar surface area (TPSA) is 181 Å². The summed E-state index contributed by atoms with van der Waals surface area (Å²) in [6.45, 7) is 14.5. The largest absolute Gasteiger partial charge is 0.467 e. The maximum Gasteiger partial charge on any atom is 0.408 e. The third-order valence-corrected chi connectivity index (χ3v) is 7.08. The van der Waals surface area contributed by atoms with Crippen LogP contribution >= 0.6 is 0 Å². The summed E-state index contributed by atoms with van der Waals surface area (Å²) in [5, 5.41) is 12.9. The lowest BCUT2D eigenvalue weighted by Crippen LogP contribution is -2.59. The Morgan fingerprint density at radius 2 is 1.10 bits per heavy atom. The van der Waals surface area contributed by atoms with Crippen molar-refractivity contribution in [3.8, 4) is 0 Å². The average molecular weight is 706 g/mol. The summed E-state index contributed by atoms with van der Waals surface area (Å²) in [6, 6.07) is 16.4. The SMILES string of the molecule is COC(=O)[C@H](CC(C)C)NC(=O)/C(=C/c1ccccc1)NC(=O)C(C)(C)NC(=O)/C(=C/c1ccccc1)NC(=O)C(C)(C)NC(=O)OC(C)(C)C. The van der Waals surface area contributed by atoms with Gasteiger partial charge in [-0.15, -0.1) is 0 Å². The molecule has 0 unspecified atom stereocenters. The Balaban J connectivity index is 2.39. The van der Waals surface area contributed by atoms with Crippen LogP contribution in [-0.4, -0.2) is 65.5 Å². The fourth-order valence-corrected chi connectivity index (χ4v) is 4.39. The lowest BCUT2D eigenvalue weighted by molar-refractivity contribution is -0.145. The molecule has 2 rings (SSSR count). The van der Waals surface area contributed by atoms with Crippen molar-refractivity contribution in [3.05, 3.63) is 83.2 Å². The number of ether oxygens (including phenoxy) is 2. The van der Waals surface area contributed by atoms with Crippen molar-refractivity contribution in [1.82, 2.24) is 26.6 Å². The molecule has 2 aromatic carbocycles. The Morgan fingerprint density at radius 1 is 0.667 bits per heavy atom. The van der Waals surface area contributed by atoms with Crippen molar-refractivity contribution in [1.29, 1.82) is 0 Å². The minimum Gasteiger partial charge on any atom is -0.467 e. The normalized spacial score (nSPS) is 13.0. The number of benzene rings is 2. The molecule has 5 amide bonds. The number of hydrogen-bond acceptors (Lipinski definition) is 8. The van der Waals surface area contributed by atoms with Gasteiger partial charge in [-0.3, -0.25) is 19.2 Å². The zero-order valence-corrected chi connectivity index (χ0v) is 31.1. The van der Waals surface area contributed by atoms with E-state index in [0.29, 0.717) is 17.5 Å². The van der Waals surface area contributed by atoms with E-state index in [-0.39, 0.29) is 17.3 Å². The molecule has 276 valence electrons. The van der Waals surface area contributed by atoms with Crippen LogP contribution in [0.2, 0.25) is 0 Å². The molecule has 0 bridgehead atoms. The second-order valence-electron chi connectivity index (χ2n) is 14.4. The lowest BCUT2D eigenvalue weighted by atomic mass is 10.0. The maximum atomic E-state index is 13.8. The Morgan fingerprint density at radius 3 is 1.51 bits per heavy atom. The third-order valence-electron chi connectivity index (χ3n) is 7.08. The van der Waals surface area contributed by atoms with Crippen molar-refractivity contribution >= 4 is 47.8 Å². The average Bonchev–Trinajstić information content (AvgIpc) is 3.02. The highest BCUT2D eigenvalue weighted by atomic mass is 16.6. The van der Waals surface area contributed by atoms with E-state index in [1.807, 2.05) is 13.8 Å². The number of methoxy groups -OCH3 is 1. The second-order valence-corrected chi connectivity index (χ2v) is 14.4. The molecule has 0 fully saturated rings. The molecule has 51 heavy (non-hydrogen) atoms. The van der Waals surface area contributed by atoms with Gasteiger partial charge < -0.3 is 36.1 Å². The van der Waals surface area contributed by atoms with E-state index in [4.69, 9.17) is 9.47 Å². The minimum absolute atomic E-state index is 0.0389. The molecule has 13 heteroatoms. The van der Waals surface area contributed by atoms with Crippen molar-refractivity contribution in [2.45, 2.75) is 91.5 Å². The number of amides is 5. The van der Waals surface area contributed by atoms with Gasteiger partial charge in [-0.2, -0.15) is 0 Å². The van der Waals surface area contributed by atoms with Crippen molar-refractivity contribution in [3.63, 3.8) is 0 Å². The van der Waals surface area contributed by atoms with Gasteiger partial charge in [0.2, 0.25) is 11.8 Å². The number of esters is 1. The Labute approximate surface area is 300 Å². The van der Waals surface area contributed by atoms with Gasteiger partial charge in [-0.25, -0.2) is 9.59 Å². The van der Waals surface area contributed by atoms with Gasteiger partial charge in [-0.05, 0) is 84.1 Å². The monoisotopic (exact) mass is 705 g/mol. The van der Waals surface area contributed by atoms with Crippen LogP contribution in [0.5, 0.6) is 0 Å². The highest BCUT2D eigenvalue weighted by molar-refractivity contribution is 6.07. The van der Waals surface area contributed by atoms with Crippen LogP contribution in [-0.2, 0) is 33.4 Å². The molecule has 2 aromatic rings. The quantitative estimate of drug-likeness (QED) is 0.143. The van der Waals surface area contributed by atoms with Gasteiger partial charge in [0.15, 0.2) is 0 Å². The van der Waals surface area contributed by atoms with E-state index < -0.39 is 58.4 Å². The molecule has 0 heterocycles. The predicted octanol–water partition coefficient (Wildman–Crippen LogP) is 4.20. The summed E-state index contributed by atoms with van der Waals surface area (Å²) in [7, 11) is 1.22. The summed E-state index contributed by atoms with van der Waals surface area (Å²) in [5.74, 6) is -3.69. The molecule has 0 radical (unpaired) electrons. The van der Waals surface area contributed by atoms with Crippen LogP contribution in [0.1, 0.15) is 79.9 Å².